The minimum Gasteiger partial charge on any atom is -0.342 e. The Bertz CT molecular complexity index is 1180. The molecule has 2 N–H and O–H groups in total. The molecule has 0 unspecified atom stereocenters. The van der Waals surface area contributed by atoms with E-state index in [4.69, 9.17) is 0 Å². The van der Waals surface area contributed by atoms with Crippen LogP contribution < -0.4 is 10.6 Å². The van der Waals surface area contributed by atoms with Gasteiger partial charge in [0.15, 0.2) is 0 Å². The van der Waals surface area contributed by atoms with E-state index >= 15 is 0 Å². The van der Waals surface area contributed by atoms with Gasteiger partial charge >= 0.3 is 0 Å². The smallest absolute Gasteiger partial charge is 0.263 e. The van der Waals surface area contributed by atoms with E-state index in [1.54, 1.807) is 40.7 Å². The summed E-state index contributed by atoms with van der Waals surface area (Å²) >= 11 is 1.04. The summed E-state index contributed by atoms with van der Waals surface area (Å²) in [5, 5.41) is 10.8. The number of piperidine rings is 1. The van der Waals surface area contributed by atoms with Crippen LogP contribution in [0.25, 0.3) is 5.69 Å². The van der Waals surface area contributed by atoms with Gasteiger partial charge in [-0.15, -0.1) is 11.3 Å². The van der Waals surface area contributed by atoms with Crippen molar-refractivity contribution in [3.05, 3.63) is 53.2 Å². The monoisotopic (exact) mass is 474 g/mol. The summed E-state index contributed by atoms with van der Waals surface area (Å²) < 4.78 is 28.9. The maximum Gasteiger partial charge on any atom is 0.263 e. The number of carbonyl (C=O) groups is 2. The van der Waals surface area contributed by atoms with Crippen molar-refractivity contribution in [2.24, 2.45) is 0 Å². The Morgan fingerprint density at radius 3 is 2.50 bits per heavy atom. The SMILES string of the molecule is O=C(CNC(=O)c1sccc1S(=O)(=O)N1CCCCC1)Nc1ccc(-n2cncn2)cc1. The zero-order chi connectivity index (χ0) is 22.6. The van der Waals surface area contributed by atoms with Gasteiger partial charge in [-0.2, -0.15) is 9.40 Å². The van der Waals surface area contributed by atoms with Crippen LogP contribution in [0.1, 0.15) is 28.9 Å². The van der Waals surface area contributed by atoms with E-state index in [-0.39, 0.29) is 16.3 Å². The molecule has 0 bridgehead atoms. The highest BCUT2D eigenvalue weighted by molar-refractivity contribution is 7.89. The number of nitrogens with zero attached hydrogens (tertiary/aromatic N) is 4. The van der Waals surface area contributed by atoms with Gasteiger partial charge in [0.05, 0.1) is 12.2 Å². The molecule has 32 heavy (non-hydrogen) atoms. The minimum absolute atomic E-state index is 0.00833. The molecule has 0 spiro atoms. The Morgan fingerprint density at radius 1 is 1.06 bits per heavy atom. The van der Waals surface area contributed by atoms with Crippen molar-refractivity contribution < 1.29 is 18.0 Å². The van der Waals surface area contributed by atoms with Gasteiger partial charge in [0.2, 0.25) is 15.9 Å². The topological polar surface area (TPSA) is 126 Å². The van der Waals surface area contributed by atoms with E-state index in [2.05, 4.69) is 20.7 Å². The molecule has 2 aromatic heterocycles. The van der Waals surface area contributed by atoms with Crippen LogP contribution in [-0.4, -0.2) is 58.9 Å². The summed E-state index contributed by atoms with van der Waals surface area (Å²) in [7, 11) is -3.73. The number of anilines is 1. The molecule has 12 heteroatoms. The molecule has 168 valence electrons. The third-order valence-corrected chi connectivity index (χ3v) is 8.00. The van der Waals surface area contributed by atoms with E-state index in [1.807, 2.05) is 0 Å². The van der Waals surface area contributed by atoms with Crippen molar-refractivity contribution in [1.82, 2.24) is 24.4 Å². The zero-order valence-corrected chi connectivity index (χ0v) is 18.7. The van der Waals surface area contributed by atoms with Gasteiger partial charge in [-0.1, -0.05) is 6.42 Å². The van der Waals surface area contributed by atoms with Gasteiger partial charge in [-0.25, -0.2) is 18.1 Å². The zero-order valence-electron chi connectivity index (χ0n) is 17.1. The first-order chi connectivity index (χ1) is 15.4. The van der Waals surface area contributed by atoms with Crippen LogP contribution in [0.3, 0.4) is 0 Å². The molecule has 2 amide bonds. The molecule has 1 aromatic carbocycles. The van der Waals surface area contributed by atoms with E-state index in [0.29, 0.717) is 18.8 Å². The number of hydrogen-bond acceptors (Lipinski definition) is 7. The fourth-order valence-electron chi connectivity index (χ4n) is 3.40. The van der Waals surface area contributed by atoms with Gasteiger partial charge < -0.3 is 10.6 Å². The van der Waals surface area contributed by atoms with E-state index < -0.39 is 21.8 Å². The number of amides is 2. The van der Waals surface area contributed by atoms with Gasteiger partial charge in [0.1, 0.15) is 22.4 Å². The number of benzene rings is 1. The second-order valence-electron chi connectivity index (χ2n) is 7.20. The van der Waals surface area contributed by atoms with Crippen molar-refractivity contribution in [1.29, 1.82) is 0 Å². The third-order valence-electron chi connectivity index (χ3n) is 5.01. The van der Waals surface area contributed by atoms with Crippen LogP contribution in [0.4, 0.5) is 5.69 Å². The summed E-state index contributed by atoms with van der Waals surface area (Å²) in [4.78, 5) is 28.8. The molecular formula is C20H22N6O4S2. The van der Waals surface area contributed by atoms with Crippen molar-refractivity contribution in [2.75, 3.05) is 25.0 Å². The Hall–Kier alpha value is -3.09. The third kappa shape index (κ3) is 4.87. The maximum absolute atomic E-state index is 12.9. The number of aromatic nitrogens is 3. The van der Waals surface area contributed by atoms with Gasteiger partial charge in [-0.3, -0.25) is 9.59 Å². The highest BCUT2D eigenvalue weighted by Crippen LogP contribution is 2.27. The number of rotatable bonds is 7. The first-order valence-electron chi connectivity index (χ1n) is 10.1. The van der Waals surface area contributed by atoms with Crippen LogP contribution in [0.2, 0.25) is 0 Å². The molecule has 3 heterocycles. The Labute approximate surface area is 189 Å². The van der Waals surface area contributed by atoms with E-state index in [1.165, 1.54) is 16.7 Å². The summed E-state index contributed by atoms with van der Waals surface area (Å²) in [6, 6.07) is 8.40. The quantitative estimate of drug-likeness (QED) is 0.538. The summed E-state index contributed by atoms with van der Waals surface area (Å²) in [5.74, 6) is -1.02. The highest BCUT2D eigenvalue weighted by Gasteiger charge is 2.31. The average Bonchev–Trinajstić information content (AvgIpc) is 3.51. The minimum atomic E-state index is -3.73. The van der Waals surface area contributed by atoms with Gasteiger partial charge in [0.25, 0.3) is 5.91 Å². The fraction of sp³-hybridized carbons (Fsp3) is 0.300. The lowest BCUT2D eigenvalue weighted by atomic mass is 10.2. The van der Waals surface area contributed by atoms with Gasteiger partial charge in [0, 0.05) is 18.8 Å². The van der Waals surface area contributed by atoms with Gasteiger partial charge in [-0.05, 0) is 48.6 Å². The molecule has 1 saturated heterocycles. The van der Waals surface area contributed by atoms with Crippen molar-refractivity contribution in [3.63, 3.8) is 0 Å². The molecule has 4 rings (SSSR count). The Kier molecular flexibility index (Phi) is 6.63. The van der Waals surface area contributed by atoms with Crippen molar-refractivity contribution >= 4 is 38.9 Å². The molecule has 0 aliphatic carbocycles. The summed E-state index contributed by atoms with van der Waals surface area (Å²) in [6.07, 6.45) is 5.61. The lowest BCUT2D eigenvalue weighted by Crippen LogP contribution is -2.37. The molecule has 10 nitrogen and oxygen atoms in total. The van der Waals surface area contributed by atoms with Crippen LogP contribution in [0, 0.1) is 0 Å². The largest absolute Gasteiger partial charge is 0.342 e. The first-order valence-corrected chi connectivity index (χ1v) is 12.4. The molecule has 1 aliphatic rings. The van der Waals surface area contributed by atoms with E-state index in [9.17, 15) is 18.0 Å². The number of thiophene rings is 1. The molecule has 1 aliphatic heterocycles. The molecule has 3 aromatic rings. The number of carbonyl (C=O) groups excluding carboxylic acids is 2. The van der Waals surface area contributed by atoms with Crippen LogP contribution in [0.5, 0.6) is 0 Å². The fourth-order valence-corrected chi connectivity index (χ4v) is 6.23. The molecular weight excluding hydrogens is 452 g/mol. The average molecular weight is 475 g/mol. The second kappa shape index (κ2) is 9.59. The summed E-state index contributed by atoms with van der Waals surface area (Å²) in [5.41, 5.74) is 1.34. The van der Waals surface area contributed by atoms with Crippen LogP contribution in [-0.2, 0) is 14.8 Å². The highest BCUT2D eigenvalue weighted by atomic mass is 32.2. The predicted octanol–water partition coefficient (Wildman–Crippen LogP) is 1.87. The number of nitrogens with one attached hydrogen (secondary N) is 2. The lowest BCUT2D eigenvalue weighted by Gasteiger charge is -2.25. The maximum atomic E-state index is 12.9. The normalized spacial score (nSPS) is 14.8. The molecule has 0 atom stereocenters. The molecule has 0 saturated carbocycles. The standard InChI is InChI=1S/C20H22N6O4S2/c27-18(24-15-4-6-16(7-5-15)26-14-21-13-23-26)12-22-20(28)19-17(8-11-31-19)32(29,30)25-9-2-1-3-10-25/h4-8,11,13-14H,1-3,9-10,12H2,(H,22,28)(H,24,27). The van der Waals surface area contributed by atoms with Crippen molar-refractivity contribution in [2.45, 2.75) is 24.2 Å². The number of hydrogen-bond donors (Lipinski definition) is 2. The van der Waals surface area contributed by atoms with Crippen LogP contribution >= 0.6 is 11.3 Å². The predicted molar refractivity (Wildman–Crippen MR) is 119 cm³/mol. The first kappa shape index (κ1) is 22.1. The summed E-state index contributed by atoms with van der Waals surface area (Å²) in [6.45, 7) is 0.624. The van der Waals surface area contributed by atoms with Crippen LogP contribution in [0.15, 0.2) is 53.3 Å². The van der Waals surface area contributed by atoms with Crippen molar-refractivity contribution in [3.8, 4) is 5.69 Å². The number of sulfonamides is 1. The van der Waals surface area contributed by atoms with E-state index in [0.717, 1.165) is 36.3 Å². The Morgan fingerprint density at radius 2 is 1.81 bits per heavy atom. The Balaban J connectivity index is 1.35. The lowest BCUT2D eigenvalue weighted by molar-refractivity contribution is -0.115. The molecule has 1 fully saturated rings. The second-order valence-corrected chi connectivity index (χ2v) is 10.0. The molecule has 0 radical (unpaired) electrons.